The van der Waals surface area contributed by atoms with Gasteiger partial charge in [-0.15, -0.1) is 0 Å². The van der Waals surface area contributed by atoms with Crippen LogP contribution in [0.3, 0.4) is 0 Å². The van der Waals surface area contributed by atoms with E-state index in [0.29, 0.717) is 6.04 Å². The van der Waals surface area contributed by atoms with Gasteiger partial charge in [0.1, 0.15) is 5.82 Å². The first-order chi connectivity index (χ1) is 9.24. The number of nitrogens with one attached hydrogen (secondary N) is 1. The van der Waals surface area contributed by atoms with E-state index in [1.807, 2.05) is 13.2 Å². The maximum absolute atomic E-state index is 4.48. The lowest BCUT2D eigenvalue weighted by Crippen LogP contribution is -2.20. The molecule has 1 aromatic carbocycles. The van der Waals surface area contributed by atoms with Gasteiger partial charge >= 0.3 is 0 Å². The monoisotopic (exact) mass is 321 g/mol. The molecule has 1 unspecified atom stereocenters. The molecule has 0 aliphatic heterocycles. The highest BCUT2D eigenvalue weighted by atomic mass is 79.9. The van der Waals surface area contributed by atoms with Crippen LogP contribution in [-0.4, -0.2) is 16.6 Å². The van der Waals surface area contributed by atoms with Crippen molar-refractivity contribution in [2.45, 2.75) is 32.4 Å². The molecule has 102 valence electrons. The van der Waals surface area contributed by atoms with Gasteiger partial charge in [-0.1, -0.05) is 35.0 Å². The predicted molar refractivity (Wildman–Crippen MR) is 82.2 cm³/mol. The summed E-state index contributed by atoms with van der Waals surface area (Å²) >= 11 is 3.47. The van der Waals surface area contributed by atoms with Crippen LogP contribution in [0.1, 0.15) is 30.8 Å². The lowest BCUT2D eigenvalue weighted by molar-refractivity contribution is 0.543. The summed E-state index contributed by atoms with van der Waals surface area (Å²) in [5, 5.41) is 3.38. The van der Waals surface area contributed by atoms with Gasteiger partial charge < -0.3 is 9.88 Å². The fourth-order valence-corrected chi connectivity index (χ4v) is 2.50. The zero-order chi connectivity index (χ0) is 13.7. The van der Waals surface area contributed by atoms with E-state index in [1.54, 1.807) is 0 Å². The van der Waals surface area contributed by atoms with Gasteiger partial charge in [-0.3, -0.25) is 0 Å². The van der Waals surface area contributed by atoms with E-state index in [2.05, 4.69) is 68.2 Å². The Morgan fingerprint density at radius 2 is 2.05 bits per heavy atom. The van der Waals surface area contributed by atoms with E-state index in [9.17, 15) is 0 Å². The number of benzene rings is 1. The Morgan fingerprint density at radius 3 is 2.68 bits per heavy atom. The standard InChI is InChI=1S/C15H20BrN3/c1-3-9-19-10-8-18-15(19)11-14(17-2)12-4-6-13(16)7-5-12/h4-8,10,14,17H,3,9,11H2,1-2H3. The number of aromatic nitrogens is 2. The van der Waals surface area contributed by atoms with Gasteiger partial charge in [0.05, 0.1) is 0 Å². The van der Waals surface area contributed by atoms with Crippen LogP contribution in [0.2, 0.25) is 0 Å². The summed E-state index contributed by atoms with van der Waals surface area (Å²) in [4.78, 5) is 4.48. The third-order valence-electron chi connectivity index (χ3n) is 3.27. The van der Waals surface area contributed by atoms with Crippen LogP contribution < -0.4 is 5.32 Å². The molecule has 0 spiro atoms. The fraction of sp³-hybridized carbons (Fsp3) is 0.400. The highest BCUT2D eigenvalue weighted by Gasteiger charge is 2.13. The zero-order valence-corrected chi connectivity index (χ0v) is 13.0. The van der Waals surface area contributed by atoms with Crippen molar-refractivity contribution < 1.29 is 0 Å². The van der Waals surface area contributed by atoms with Gasteiger partial charge in [-0.2, -0.15) is 0 Å². The SMILES string of the molecule is CCCn1ccnc1CC(NC)c1ccc(Br)cc1. The lowest BCUT2D eigenvalue weighted by atomic mass is 10.0. The van der Waals surface area contributed by atoms with Crippen molar-refractivity contribution in [2.75, 3.05) is 7.05 Å². The minimum Gasteiger partial charge on any atom is -0.335 e. The highest BCUT2D eigenvalue weighted by molar-refractivity contribution is 9.10. The maximum atomic E-state index is 4.48. The lowest BCUT2D eigenvalue weighted by Gasteiger charge is -2.17. The topological polar surface area (TPSA) is 29.9 Å². The van der Waals surface area contributed by atoms with Gasteiger partial charge in [0, 0.05) is 35.9 Å². The Hall–Kier alpha value is -1.13. The molecule has 1 aromatic heterocycles. The van der Waals surface area contributed by atoms with Crippen molar-refractivity contribution in [1.82, 2.24) is 14.9 Å². The molecule has 3 nitrogen and oxygen atoms in total. The molecule has 4 heteroatoms. The number of halogens is 1. The van der Waals surface area contributed by atoms with Gasteiger partial charge in [-0.25, -0.2) is 4.98 Å². The number of imidazole rings is 1. The molecule has 0 aliphatic rings. The summed E-state index contributed by atoms with van der Waals surface area (Å²) in [5.41, 5.74) is 1.29. The molecular weight excluding hydrogens is 302 g/mol. The molecule has 2 rings (SSSR count). The Bertz CT molecular complexity index is 504. The second kappa shape index (κ2) is 6.87. The van der Waals surface area contributed by atoms with Crippen molar-refractivity contribution in [3.63, 3.8) is 0 Å². The molecule has 2 aromatic rings. The fourth-order valence-electron chi connectivity index (χ4n) is 2.24. The summed E-state index contributed by atoms with van der Waals surface area (Å²) in [5.74, 6) is 1.14. The van der Waals surface area contributed by atoms with Crippen LogP contribution >= 0.6 is 15.9 Å². The first-order valence-corrected chi connectivity index (χ1v) is 7.46. The molecule has 19 heavy (non-hydrogen) atoms. The molecule has 1 atom stereocenters. The molecule has 1 heterocycles. The first kappa shape index (κ1) is 14.3. The molecular formula is C15H20BrN3. The van der Waals surface area contributed by atoms with Crippen LogP contribution in [0.15, 0.2) is 41.1 Å². The van der Waals surface area contributed by atoms with E-state index in [4.69, 9.17) is 0 Å². The normalized spacial score (nSPS) is 12.6. The van der Waals surface area contributed by atoms with Crippen LogP contribution in [0, 0.1) is 0 Å². The van der Waals surface area contributed by atoms with Crippen LogP contribution in [0.25, 0.3) is 0 Å². The number of likely N-dealkylation sites (N-methyl/N-ethyl adjacent to an activating group) is 1. The first-order valence-electron chi connectivity index (χ1n) is 6.67. The number of hydrogen-bond donors (Lipinski definition) is 1. The summed E-state index contributed by atoms with van der Waals surface area (Å²) in [6.45, 7) is 3.22. The zero-order valence-electron chi connectivity index (χ0n) is 11.4. The number of rotatable bonds is 6. The second-order valence-corrected chi connectivity index (χ2v) is 5.55. The van der Waals surface area contributed by atoms with E-state index in [0.717, 1.165) is 29.7 Å². The minimum atomic E-state index is 0.297. The Labute approximate surface area is 123 Å². The molecule has 0 aliphatic carbocycles. The Balaban J connectivity index is 2.14. The summed E-state index contributed by atoms with van der Waals surface area (Å²) < 4.78 is 3.35. The smallest absolute Gasteiger partial charge is 0.110 e. The van der Waals surface area contributed by atoms with Gasteiger partial charge in [0.25, 0.3) is 0 Å². The molecule has 0 amide bonds. The highest BCUT2D eigenvalue weighted by Crippen LogP contribution is 2.20. The van der Waals surface area contributed by atoms with Crippen molar-refractivity contribution in [1.29, 1.82) is 0 Å². The van der Waals surface area contributed by atoms with Crippen molar-refractivity contribution >= 4 is 15.9 Å². The summed E-state index contributed by atoms with van der Waals surface area (Å²) in [7, 11) is 2.00. The van der Waals surface area contributed by atoms with Crippen LogP contribution in [0.4, 0.5) is 0 Å². The van der Waals surface area contributed by atoms with Crippen molar-refractivity contribution in [3.05, 3.63) is 52.5 Å². The molecule has 0 saturated carbocycles. The Kier molecular flexibility index (Phi) is 5.16. The molecule has 0 bridgehead atoms. The van der Waals surface area contributed by atoms with Gasteiger partial charge in [0.2, 0.25) is 0 Å². The van der Waals surface area contributed by atoms with Gasteiger partial charge in [-0.05, 0) is 31.2 Å². The number of aryl methyl sites for hydroxylation is 1. The molecule has 0 radical (unpaired) electrons. The van der Waals surface area contributed by atoms with Gasteiger partial charge in [0.15, 0.2) is 0 Å². The molecule has 0 saturated heterocycles. The van der Waals surface area contributed by atoms with E-state index in [1.165, 1.54) is 5.56 Å². The largest absolute Gasteiger partial charge is 0.335 e. The average molecular weight is 322 g/mol. The minimum absolute atomic E-state index is 0.297. The van der Waals surface area contributed by atoms with E-state index >= 15 is 0 Å². The van der Waals surface area contributed by atoms with Crippen molar-refractivity contribution in [2.24, 2.45) is 0 Å². The second-order valence-electron chi connectivity index (χ2n) is 4.63. The average Bonchev–Trinajstić information content (AvgIpc) is 2.85. The van der Waals surface area contributed by atoms with E-state index in [-0.39, 0.29) is 0 Å². The third-order valence-corrected chi connectivity index (χ3v) is 3.80. The predicted octanol–water partition coefficient (Wildman–Crippen LogP) is 3.56. The van der Waals surface area contributed by atoms with Crippen molar-refractivity contribution in [3.8, 4) is 0 Å². The summed E-state index contributed by atoms with van der Waals surface area (Å²) in [6, 6.07) is 8.76. The molecule has 1 N–H and O–H groups in total. The van der Waals surface area contributed by atoms with E-state index < -0.39 is 0 Å². The number of nitrogens with zero attached hydrogens (tertiary/aromatic N) is 2. The summed E-state index contributed by atoms with van der Waals surface area (Å²) in [6.07, 6.45) is 5.99. The van der Waals surface area contributed by atoms with Crippen LogP contribution in [-0.2, 0) is 13.0 Å². The van der Waals surface area contributed by atoms with Crippen LogP contribution in [0.5, 0.6) is 0 Å². The quantitative estimate of drug-likeness (QED) is 0.881. The third kappa shape index (κ3) is 3.67. The maximum Gasteiger partial charge on any atom is 0.110 e. The number of hydrogen-bond acceptors (Lipinski definition) is 2. The molecule has 0 fully saturated rings. The Morgan fingerprint density at radius 1 is 1.32 bits per heavy atom.